The lowest BCUT2D eigenvalue weighted by Gasteiger charge is -2.36. The van der Waals surface area contributed by atoms with E-state index in [0.717, 1.165) is 54.8 Å². The Morgan fingerprint density at radius 3 is 2.58 bits per heavy atom. The smallest absolute Gasteiger partial charge is 0.137 e. The molecule has 124 valence electrons. The Kier molecular flexibility index (Phi) is 4.35. The highest BCUT2D eigenvalue weighted by Gasteiger charge is 2.19. The van der Waals surface area contributed by atoms with E-state index in [1.54, 1.807) is 0 Å². The first-order chi connectivity index (χ1) is 11.7. The molecule has 1 aromatic carbocycles. The number of nitrogens with zero attached hydrogens (tertiary/aromatic N) is 4. The second-order valence-corrected chi connectivity index (χ2v) is 6.90. The zero-order valence-corrected chi connectivity index (χ0v) is 14.7. The molecule has 0 radical (unpaired) electrons. The van der Waals surface area contributed by atoms with Crippen LogP contribution in [0.3, 0.4) is 0 Å². The molecule has 0 spiro atoms. The monoisotopic (exact) mass is 360 g/mol. The number of fused-ring (bicyclic) bond motifs is 1. The van der Waals surface area contributed by atoms with Gasteiger partial charge >= 0.3 is 0 Å². The lowest BCUT2D eigenvalue weighted by Crippen LogP contribution is -2.46. The molecular weight excluding hydrogens is 343 g/mol. The Morgan fingerprint density at radius 1 is 1.00 bits per heavy atom. The number of hydrogen-bond donors (Lipinski definition) is 0. The lowest BCUT2D eigenvalue weighted by molar-refractivity contribution is 0.247. The van der Waals surface area contributed by atoms with Crippen LogP contribution in [0.4, 0.5) is 5.69 Å². The molecule has 4 nitrogen and oxygen atoms in total. The van der Waals surface area contributed by atoms with Crippen molar-refractivity contribution < 1.29 is 0 Å². The summed E-state index contributed by atoms with van der Waals surface area (Å²) >= 11 is 12.3. The summed E-state index contributed by atoms with van der Waals surface area (Å²) in [5.41, 5.74) is 3.17. The third-order valence-electron chi connectivity index (χ3n) is 4.42. The minimum Gasteiger partial charge on any atom is -0.368 e. The molecule has 0 saturated carbocycles. The average molecular weight is 361 g/mol. The van der Waals surface area contributed by atoms with Crippen molar-refractivity contribution in [2.45, 2.75) is 6.54 Å². The molecule has 0 aliphatic carbocycles. The number of benzene rings is 1. The molecule has 6 heteroatoms. The number of rotatable bonds is 3. The predicted molar refractivity (Wildman–Crippen MR) is 99.1 cm³/mol. The molecule has 1 aliphatic heterocycles. The summed E-state index contributed by atoms with van der Waals surface area (Å²) in [6, 6.07) is 11.8. The van der Waals surface area contributed by atoms with Crippen LogP contribution in [-0.2, 0) is 6.54 Å². The fraction of sp³-hybridized carbons (Fsp3) is 0.278. The van der Waals surface area contributed by atoms with Crippen molar-refractivity contribution in [3.63, 3.8) is 0 Å². The number of anilines is 1. The molecule has 4 rings (SSSR count). The van der Waals surface area contributed by atoms with Crippen LogP contribution in [0.2, 0.25) is 10.0 Å². The number of piperazine rings is 1. The summed E-state index contributed by atoms with van der Waals surface area (Å²) in [6.45, 7) is 4.77. The highest BCUT2D eigenvalue weighted by molar-refractivity contribution is 6.36. The zero-order chi connectivity index (χ0) is 16.5. The van der Waals surface area contributed by atoms with Crippen molar-refractivity contribution in [1.29, 1.82) is 0 Å². The van der Waals surface area contributed by atoms with Gasteiger partial charge in [-0.1, -0.05) is 29.3 Å². The Morgan fingerprint density at radius 2 is 1.83 bits per heavy atom. The Hall–Kier alpha value is -1.75. The van der Waals surface area contributed by atoms with E-state index in [0.29, 0.717) is 5.02 Å². The summed E-state index contributed by atoms with van der Waals surface area (Å²) in [5, 5.41) is 1.39. The van der Waals surface area contributed by atoms with Crippen LogP contribution in [0.1, 0.15) is 5.69 Å². The molecule has 1 fully saturated rings. The summed E-state index contributed by atoms with van der Waals surface area (Å²) < 4.78 is 2.07. The van der Waals surface area contributed by atoms with Gasteiger partial charge in [0.05, 0.1) is 16.4 Å². The first-order valence-corrected chi connectivity index (χ1v) is 8.79. The van der Waals surface area contributed by atoms with Crippen molar-refractivity contribution in [2.24, 2.45) is 0 Å². The molecule has 0 amide bonds. The standard InChI is InChI=1S/C18H18Cl2N4/c19-14-4-5-17(16(20)11-14)23-9-7-22(8-10-23)12-15-13-24-6-2-1-3-18(24)21-15/h1-6,11,13H,7-10,12H2. The van der Waals surface area contributed by atoms with Gasteiger partial charge in [-0.2, -0.15) is 0 Å². The molecule has 0 N–H and O–H groups in total. The van der Waals surface area contributed by atoms with E-state index >= 15 is 0 Å². The van der Waals surface area contributed by atoms with Gasteiger partial charge in [0.1, 0.15) is 5.65 Å². The largest absolute Gasteiger partial charge is 0.368 e. The number of pyridine rings is 1. The molecule has 2 aromatic heterocycles. The fourth-order valence-electron chi connectivity index (χ4n) is 3.18. The van der Waals surface area contributed by atoms with E-state index in [1.165, 1.54) is 0 Å². The molecule has 0 unspecified atom stereocenters. The van der Waals surface area contributed by atoms with Gasteiger partial charge in [-0.15, -0.1) is 0 Å². The third kappa shape index (κ3) is 3.22. The highest BCUT2D eigenvalue weighted by atomic mass is 35.5. The molecule has 3 aromatic rings. The first-order valence-electron chi connectivity index (χ1n) is 8.04. The van der Waals surface area contributed by atoms with Gasteiger partial charge in [0.2, 0.25) is 0 Å². The van der Waals surface area contributed by atoms with Gasteiger partial charge in [0.25, 0.3) is 0 Å². The molecule has 24 heavy (non-hydrogen) atoms. The van der Waals surface area contributed by atoms with Crippen molar-refractivity contribution in [1.82, 2.24) is 14.3 Å². The maximum atomic E-state index is 6.32. The van der Waals surface area contributed by atoms with E-state index in [2.05, 4.69) is 25.4 Å². The van der Waals surface area contributed by atoms with Gasteiger partial charge in [-0.3, -0.25) is 4.90 Å². The minimum absolute atomic E-state index is 0.675. The van der Waals surface area contributed by atoms with E-state index in [9.17, 15) is 0 Å². The Bertz CT molecular complexity index is 820. The first kappa shape index (κ1) is 15.8. The SMILES string of the molecule is Clc1ccc(N2CCN(Cc3cn4ccccc4n3)CC2)c(Cl)c1. The quantitative estimate of drug-likeness (QED) is 0.706. The maximum absolute atomic E-state index is 6.32. The van der Waals surface area contributed by atoms with Crippen LogP contribution >= 0.6 is 23.2 Å². The average Bonchev–Trinajstić information content (AvgIpc) is 2.98. The van der Waals surface area contributed by atoms with Gasteiger partial charge < -0.3 is 9.30 Å². The summed E-state index contributed by atoms with van der Waals surface area (Å²) in [5.74, 6) is 0. The van der Waals surface area contributed by atoms with E-state index in [-0.39, 0.29) is 0 Å². The number of halogens is 2. The third-order valence-corrected chi connectivity index (χ3v) is 4.96. The zero-order valence-electron chi connectivity index (χ0n) is 13.2. The van der Waals surface area contributed by atoms with Gasteiger partial charge in [-0.05, 0) is 30.3 Å². The van der Waals surface area contributed by atoms with Crippen LogP contribution in [0, 0.1) is 0 Å². The summed E-state index contributed by atoms with van der Waals surface area (Å²) in [4.78, 5) is 9.43. The Labute approximate surface area is 151 Å². The maximum Gasteiger partial charge on any atom is 0.137 e. The van der Waals surface area contributed by atoms with E-state index < -0.39 is 0 Å². The van der Waals surface area contributed by atoms with Gasteiger partial charge in [0, 0.05) is 50.1 Å². The van der Waals surface area contributed by atoms with Crippen LogP contribution in [0.25, 0.3) is 5.65 Å². The minimum atomic E-state index is 0.675. The van der Waals surface area contributed by atoms with E-state index in [4.69, 9.17) is 23.2 Å². The molecular formula is C18H18Cl2N4. The van der Waals surface area contributed by atoms with Crippen molar-refractivity contribution in [3.8, 4) is 0 Å². The van der Waals surface area contributed by atoms with Gasteiger partial charge in [0.15, 0.2) is 0 Å². The number of imidazole rings is 1. The van der Waals surface area contributed by atoms with Crippen LogP contribution in [0.15, 0.2) is 48.8 Å². The summed E-state index contributed by atoms with van der Waals surface area (Å²) in [7, 11) is 0. The predicted octanol–water partition coefficient (Wildman–Crippen LogP) is 3.96. The van der Waals surface area contributed by atoms with Crippen molar-refractivity contribution in [3.05, 3.63) is 64.5 Å². The number of aromatic nitrogens is 2. The normalized spacial score (nSPS) is 16.0. The van der Waals surface area contributed by atoms with Crippen molar-refractivity contribution in [2.75, 3.05) is 31.1 Å². The second-order valence-electron chi connectivity index (χ2n) is 6.06. The second kappa shape index (κ2) is 6.63. The summed E-state index contributed by atoms with van der Waals surface area (Å²) in [6.07, 6.45) is 4.14. The molecule has 0 atom stereocenters. The Balaban J connectivity index is 1.40. The number of hydrogen-bond acceptors (Lipinski definition) is 3. The van der Waals surface area contributed by atoms with E-state index in [1.807, 2.05) is 42.6 Å². The molecule has 1 saturated heterocycles. The van der Waals surface area contributed by atoms with Crippen LogP contribution < -0.4 is 4.90 Å². The highest BCUT2D eigenvalue weighted by Crippen LogP contribution is 2.29. The van der Waals surface area contributed by atoms with Crippen molar-refractivity contribution >= 4 is 34.5 Å². The van der Waals surface area contributed by atoms with Crippen LogP contribution in [0.5, 0.6) is 0 Å². The fourth-order valence-corrected chi connectivity index (χ4v) is 3.71. The molecule has 3 heterocycles. The molecule has 0 bridgehead atoms. The lowest BCUT2D eigenvalue weighted by atomic mass is 10.2. The topological polar surface area (TPSA) is 23.8 Å². The van der Waals surface area contributed by atoms with Gasteiger partial charge in [-0.25, -0.2) is 4.98 Å². The molecule has 1 aliphatic rings. The van der Waals surface area contributed by atoms with Crippen LogP contribution in [-0.4, -0.2) is 40.5 Å².